The quantitative estimate of drug-likeness (QED) is 0.586. The fourth-order valence-corrected chi connectivity index (χ4v) is 0.798. The van der Waals surface area contributed by atoms with Crippen LogP contribution < -0.4 is 5.32 Å². The van der Waals surface area contributed by atoms with Crippen LogP contribution in [0.4, 0.5) is 0 Å². The highest BCUT2D eigenvalue weighted by atomic mass is 16.2. The summed E-state index contributed by atoms with van der Waals surface area (Å²) in [6.45, 7) is 4.47. The Labute approximate surface area is 69.0 Å². The summed E-state index contributed by atoms with van der Waals surface area (Å²) >= 11 is 0. The van der Waals surface area contributed by atoms with Gasteiger partial charge in [0, 0.05) is 6.04 Å². The zero-order chi connectivity index (χ0) is 9.07. The molecule has 3 heteroatoms. The van der Waals surface area contributed by atoms with Crippen molar-refractivity contribution in [1.29, 1.82) is 0 Å². The summed E-state index contributed by atoms with van der Waals surface area (Å²) in [4.78, 5) is 11.1. The van der Waals surface area contributed by atoms with Crippen molar-refractivity contribution in [3.63, 3.8) is 0 Å². The van der Waals surface area contributed by atoms with Crippen LogP contribution in [0, 0.1) is 0 Å². The van der Waals surface area contributed by atoms with Crippen LogP contribution in [-0.2, 0) is 4.79 Å². The molecule has 1 N–H and O–H groups in total. The van der Waals surface area contributed by atoms with Gasteiger partial charge in [0.15, 0.2) is 6.54 Å². The van der Waals surface area contributed by atoms with Gasteiger partial charge in [-0.2, -0.15) is 0 Å². The van der Waals surface area contributed by atoms with Gasteiger partial charge in [-0.15, -0.1) is 0 Å². The predicted molar refractivity (Wildman–Crippen MR) is 46.2 cm³/mol. The third-order valence-corrected chi connectivity index (χ3v) is 1.07. The molecule has 0 heterocycles. The van der Waals surface area contributed by atoms with Gasteiger partial charge in [0.05, 0.1) is 21.1 Å². The Morgan fingerprint density at radius 3 is 2.09 bits per heavy atom. The second-order valence-electron chi connectivity index (χ2n) is 4.17. The molecule has 0 aromatic heterocycles. The summed E-state index contributed by atoms with van der Waals surface area (Å²) in [5.41, 5.74) is 0. The van der Waals surface area contributed by atoms with E-state index in [9.17, 15) is 4.79 Å². The van der Waals surface area contributed by atoms with Crippen LogP contribution in [0.2, 0.25) is 0 Å². The number of quaternary nitrogens is 1. The van der Waals surface area contributed by atoms with E-state index in [1.54, 1.807) is 0 Å². The van der Waals surface area contributed by atoms with Gasteiger partial charge in [-0.1, -0.05) is 0 Å². The summed E-state index contributed by atoms with van der Waals surface area (Å²) < 4.78 is 0.679. The van der Waals surface area contributed by atoms with E-state index in [1.165, 1.54) is 0 Å². The Kier molecular flexibility index (Phi) is 3.52. The fourth-order valence-electron chi connectivity index (χ4n) is 0.798. The van der Waals surface area contributed by atoms with E-state index in [1.807, 2.05) is 35.0 Å². The standard InChI is InChI=1S/C8H18N2O/c1-7(2)9-8(11)6-10(3,4)5/h7H,6H2,1-5H3/p+1. The van der Waals surface area contributed by atoms with Gasteiger partial charge in [0.25, 0.3) is 5.91 Å². The Bertz CT molecular complexity index is 136. The molecule has 11 heavy (non-hydrogen) atoms. The van der Waals surface area contributed by atoms with Crippen LogP contribution in [0.15, 0.2) is 0 Å². The van der Waals surface area contributed by atoms with Crippen LogP contribution >= 0.6 is 0 Å². The maximum absolute atomic E-state index is 11.1. The van der Waals surface area contributed by atoms with Gasteiger partial charge in [-0.25, -0.2) is 0 Å². The average Bonchev–Trinajstić information content (AvgIpc) is 1.53. The van der Waals surface area contributed by atoms with E-state index in [2.05, 4.69) is 5.32 Å². The molecule has 0 aliphatic rings. The highest BCUT2D eigenvalue weighted by Gasteiger charge is 2.13. The zero-order valence-electron chi connectivity index (χ0n) is 8.14. The SMILES string of the molecule is CC(C)NC(=O)C[N+](C)(C)C. The first-order chi connectivity index (χ1) is 4.81. The number of hydrogen-bond acceptors (Lipinski definition) is 1. The zero-order valence-corrected chi connectivity index (χ0v) is 8.14. The first-order valence-electron chi connectivity index (χ1n) is 3.91. The molecule has 0 unspecified atom stereocenters. The van der Waals surface area contributed by atoms with Crippen molar-refractivity contribution < 1.29 is 9.28 Å². The third kappa shape index (κ3) is 7.33. The number of hydrogen-bond donors (Lipinski definition) is 1. The summed E-state index contributed by atoms with van der Waals surface area (Å²) in [6.07, 6.45) is 0. The monoisotopic (exact) mass is 159 g/mol. The molecule has 0 fully saturated rings. The summed E-state index contributed by atoms with van der Waals surface area (Å²) in [5.74, 6) is 0.118. The smallest absolute Gasteiger partial charge is 0.275 e. The Morgan fingerprint density at radius 1 is 1.36 bits per heavy atom. The highest BCUT2D eigenvalue weighted by molar-refractivity contribution is 5.77. The van der Waals surface area contributed by atoms with Crippen LogP contribution in [-0.4, -0.2) is 44.1 Å². The maximum atomic E-state index is 11.1. The number of nitrogens with one attached hydrogen (secondary N) is 1. The molecule has 66 valence electrons. The summed E-state index contributed by atoms with van der Waals surface area (Å²) in [5, 5.41) is 2.84. The van der Waals surface area contributed by atoms with Gasteiger partial charge in [0.2, 0.25) is 0 Å². The van der Waals surface area contributed by atoms with Gasteiger partial charge < -0.3 is 9.80 Å². The second-order valence-corrected chi connectivity index (χ2v) is 4.17. The fraction of sp³-hybridized carbons (Fsp3) is 0.875. The van der Waals surface area contributed by atoms with Crippen LogP contribution in [0.5, 0.6) is 0 Å². The first-order valence-corrected chi connectivity index (χ1v) is 3.91. The van der Waals surface area contributed by atoms with Gasteiger partial charge in [0.1, 0.15) is 0 Å². The molecular weight excluding hydrogens is 140 g/mol. The molecule has 0 bridgehead atoms. The Hall–Kier alpha value is -0.570. The van der Waals surface area contributed by atoms with Crippen LogP contribution in [0.25, 0.3) is 0 Å². The minimum absolute atomic E-state index is 0.118. The average molecular weight is 159 g/mol. The van der Waals surface area contributed by atoms with Crippen molar-refractivity contribution >= 4 is 5.91 Å². The van der Waals surface area contributed by atoms with Crippen molar-refractivity contribution in [3.8, 4) is 0 Å². The predicted octanol–water partition coefficient (Wildman–Crippen LogP) is 0.217. The molecular formula is C8H19N2O+. The van der Waals surface area contributed by atoms with Crippen LogP contribution in [0.1, 0.15) is 13.8 Å². The van der Waals surface area contributed by atoms with Crippen molar-refractivity contribution in [1.82, 2.24) is 5.32 Å². The molecule has 0 aliphatic heterocycles. The third-order valence-electron chi connectivity index (χ3n) is 1.07. The van der Waals surface area contributed by atoms with Crippen molar-refractivity contribution in [3.05, 3.63) is 0 Å². The lowest BCUT2D eigenvalue weighted by molar-refractivity contribution is -0.862. The molecule has 0 saturated carbocycles. The van der Waals surface area contributed by atoms with E-state index in [-0.39, 0.29) is 11.9 Å². The maximum Gasteiger partial charge on any atom is 0.275 e. The molecule has 0 aliphatic carbocycles. The molecule has 0 radical (unpaired) electrons. The Morgan fingerprint density at radius 2 is 1.82 bits per heavy atom. The van der Waals surface area contributed by atoms with E-state index in [0.29, 0.717) is 11.0 Å². The normalized spacial score (nSPS) is 11.8. The van der Waals surface area contributed by atoms with Crippen LogP contribution in [0.3, 0.4) is 0 Å². The van der Waals surface area contributed by atoms with E-state index >= 15 is 0 Å². The minimum atomic E-state index is 0.118. The van der Waals surface area contributed by atoms with Gasteiger partial charge in [-0.05, 0) is 13.8 Å². The topological polar surface area (TPSA) is 29.1 Å². The van der Waals surface area contributed by atoms with E-state index in [0.717, 1.165) is 0 Å². The van der Waals surface area contributed by atoms with Gasteiger partial charge in [-0.3, -0.25) is 4.79 Å². The lowest BCUT2D eigenvalue weighted by atomic mass is 10.4. The molecule has 3 nitrogen and oxygen atoms in total. The lowest BCUT2D eigenvalue weighted by Gasteiger charge is -2.23. The molecule has 0 atom stereocenters. The van der Waals surface area contributed by atoms with E-state index in [4.69, 9.17) is 0 Å². The lowest BCUT2D eigenvalue weighted by Crippen LogP contribution is -2.45. The number of likely N-dealkylation sites (N-methyl/N-ethyl adjacent to an activating group) is 1. The first kappa shape index (κ1) is 10.4. The van der Waals surface area contributed by atoms with Crippen molar-refractivity contribution in [2.45, 2.75) is 19.9 Å². The summed E-state index contributed by atoms with van der Waals surface area (Å²) in [7, 11) is 6.00. The van der Waals surface area contributed by atoms with Gasteiger partial charge >= 0.3 is 0 Å². The largest absolute Gasteiger partial charge is 0.349 e. The van der Waals surface area contributed by atoms with Crippen molar-refractivity contribution in [2.24, 2.45) is 0 Å². The minimum Gasteiger partial charge on any atom is -0.349 e. The second kappa shape index (κ2) is 3.72. The number of rotatable bonds is 3. The number of amides is 1. The molecule has 0 spiro atoms. The highest BCUT2D eigenvalue weighted by Crippen LogP contribution is 1.89. The molecule has 0 aromatic carbocycles. The molecule has 0 aromatic rings. The number of nitrogens with zero attached hydrogens (tertiary/aromatic N) is 1. The number of carbonyl (C=O) groups is 1. The Balaban J connectivity index is 3.71. The molecule has 0 rings (SSSR count). The molecule has 0 saturated heterocycles. The van der Waals surface area contributed by atoms with Crippen molar-refractivity contribution in [2.75, 3.05) is 27.7 Å². The summed E-state index contributed by atoms with van der Waals surface area (Å²) in [6, 6.07) is 0.244. The number of carbonyl (C=O) groups excluding carboxylic acids is 1. The molecule has 1 amide bonds. The van der Waals surface area contributed by atoms with E-state index < -0.39 is 0 Å².